The molecule has 3 N–H and O–H groups in total. The minimum Gasteiger partial charge on any atom is -0.454 e. The molecule has 0 unspecified atom stereocenters. The summed E-state index contributed by atoms with van der Waals surface area (Å²) in [5, 5.41) is 17.3. The summed E-state index contributed by atoms with van der Waals surface area (Å²) in [5.41, 5.74) is 0.225. The Morgan fingerprint density at radius 3 is 2.55 bits per heavy atom. The van der Waals surface area contributed by atoms with E-state index in [0.717, 1.165) is 5.56 Å². The number of ether oxygens (including phenoxy) is 6. The number of unbranched alkanes of at least 4 members (excludes halogenated alkanes) is 1. The van der Waals surface area contributed by atoms with E-state index in [1.165, 1.54) is 46.8 Å². The number of carbonyl (C=O) groups is 2. The SMILES string of the molecule is CC(C)(CCCCNC(=O)Oc1ccc(F)cc1)CN(C[C@@H](O)[C@H](Cc1ccccc1)NC(=O)O[C@H]1CO[C@H]2OCC[C@H]21)S(=O)(=O)c1ccc2c(c1)OCO2. The molecular formula is C39H48FN3O11S. The Bertz CT molecular complexity index is 1870. The van der Waals surface area contributed by atoms with Crippen LogP contribution in [-0.2, 0) is 30.7 Å². The molecule has 2 saturated heterocycles. The third kappa shape index (κ3) is 10.9. The molecule has 5 atom stereocenters. The molecule has 2 amide bonds. The van der Waals surface area contributed by atoms with Crippen LogP contribution in [0.1, 0.15) is 45.1 Å². The van der Waals surface area contributed by atoms with E-state index in [1.807, 2.05) is 44.2 Å². The van der Waals surface area contributed by atoms with E-state index in [0.29, 0.717) is 50.3 Å². The van der Waals surface area contributed by atoms with Crippen molar-refractivity contribution in [2.75, 3.05) is 39.6 Å². The standard InChI is InChI=1S/C39H48FN3O11S/c1-39(2,17-6-7-18-41-37(45)53-28-12-10-27(40)11-13-28)24-43(55(47,48)29-14-15-33-34(21-29)52-25-51-33)22-32(44)31(20-26-8-4-3-5-9-26)42-38(46)54-35-23-50-36-30(35)16-19-49-36/h3-5,8-15,21,30-32,35-36,44H,6-7,16-20,22-25H2,1-2H3,(H,41,45)(H,42,46)/t30-,31-,32+,35-,36+/m0/s1. The van der Waals surface area contributed by atoms with Gasteiger partial charge in [-0.25, -0.2) is 22.4 Å². The number of hydrogen-bond donors (Lipinski definition) is 3. The lowest BCUT2D eigenvalue weighted by molar-refractivity contribution is -0.0907. The summed E-state index contributed by atoms with van der Waals surface area (Å²) in [6, 6.07) is 17.8. The number of aliphatic hydroxyl groups excluding tert-OH is 1. The second-order valence-corrected chi connectivity index (χ2v) is 16.6. The van der Waals surface area contributed by atoms with Gasteiger partial charge < -0.3 is 44.2 Å². The van der Waals surface area contributed by atoms with Crippen molar-refractivity contribution in [3.05, 3.63) is 84.2 Å². The number of nitrogens with one attached hydrogen (secondary N) is 2. The first kappa shape index (κ1) is 40.2. The smallest absolute Gasteiger partial charge is 0.412 e. The molecule has 3 aromatic rings. The maximum absolute atomic E-state index is 14.4. The Balaban J connectivity index is 1.13. The van der Waals surface area contributed by atoms with Crippen LogP contribution in [0.4, 0.5) is 14.0 Å². The monoisotopic (exact) mass is 785 g/mol. The number of nitrogens with zero attached hydrogens (tertiary/aromatic N) is 1. The molecule has 55 heavy (non-hydrogen) atoms. The Morgan fingerprint density at radius 1 is 1.00 bits per heavy atom. The maximum atomic E-state index is 14.4. The van der Waals surface area contributed by atoms with Gasteiger partial charge in [-0.15, -0.1) is 0 Å². The largest absolute Gasteiger partial charge is 0.454 e. The summed E-state index contributed by atoms with van der Waals surface area (Å²) in [7, 11) is -4.23. The number of fused-ring (bicyclic) bond motifs is 2. The Morgan fingerprint density at radius 2 is 1.76 bits per heavy atom. The van der Waals surface area contributed by atoms with Crippen molar-refractivity contribution < 1.29 is 55.9 Å². The van der Waals surface area contributed by atoms with Crippen molar-refractivity contribution in [2.45, 2.75) is 75.4 Å². The molecule has 0 bridgehead atoms. The van der Waals surface area contributed by atoms with Gasteiger partial charge in [0, 0.05) is 25.7 Å². The first-order chi connectivity index (χ1) is 26.4. The normalized spacial score (nSPS) is 20.1. The van der Waals surface area contributed by atoms with Crippen molar-refractivity contribution >= 4 is 22.2 Å². The van der Waals surface area contributed by atoms with Crippen molar-refractivity contribution in [3.63, 3.8) is 0 Å². The molecule has 14 nitrogen and oxygen atoms in total. The number of hydrogen-bond acceptors (Lipinski definition) is 11. The summed E-state index contributed by atoms with van der Waals surface area (Å²) >= 11 is 0. The highest BCUT2D eigenvalue weighted by molar-refractivity contribution is 7.89. The van der Waals surface area contributed by atoms with Crippen LogP contribution >= 0.6 is 0 Å². The average molecular weight is 786 g/mol. The lowest BCUT2D eigenvalue weighted by atomic mass is 9.87. The number of carbonyl (C=O) groups excluding carboxylic acids is 2. The summed E-state index contributed by atoms with van der Waals surface area (Å²) in [5.74, 6) is 0.408. The van der Waals surface area contributed by atoms with Gasteiger partial charge in [0.2, 0.25) is 16.8 Å². The summed E-state index contributed by atoms with van der Waals surface area (Å²) in [6.45, 7) is 4.51. The van der Waals surface area contributed by atoms with Crippen LogP contribution in [0.15, 0.2) is 77.7 Å². The number of alkyl carbamates (subject to hydrolysis) is 1. The molecule has 16 heteroatoms. The highest BCUT2D eigenvalue weighted by Crippen LogP contribution is 2.36. The van der Waals surface area contributed by atoms with Crippen LogP contribution in [0.25, 0.3) is 0 Å². The molecule has 298 valence electrons. The van der Waals surface area contributed by atoms with E-state index in [1.54, 1.807) is 0 Å². The number of halogens is 1. The summed E-state index contributed by atoms with van der Waals surface area (Å²) in [4.78, 5) is 25.5. The van der Waals surface area contributed by atoms with Crippen molar-refractivity contribution in [1.82, 2.24) is 14.9 Å². The van der Waals surface area contributed by atoms with Gasteiger partial charge in [0.1, 0.15) is 17.7 Å². The van der Waals surface area contributed by atoms with E-state index < -0.39 is 58.0 Å². The molecule has 2 fully saturated rings. The summed E-state index contributed by atoms with van der Waals surface area (Å²) in [6.07, 6.45) is -1.03. The van der Waals surface area contributed by atoms with Crippen LogP contribution in [0.5, 0.6) is 17.2 Å². The van der Waals surface area contributed by atoms with Gasteiger partial charge in [0.15, 0.2) is 17.8 Å². The van der Waals surface area contributed by atoms with E-state index in [4.69, 9.17) is 28.4 Å². The van der Waals surface area contributed by atoms with Crippen LogP contribution < -0.4 is 24.8 Å². The van der Waals surface area contributed by atoms with E-state index >= 15 is 0 Å². The maximum Gasteiger partial charge on any atom is 0.412 e. The molecule has 0 aromatic heterocycles. The minimum absolute atomic E-state index is 0.0197. The molecule has 0 spiro atoms. The van der Waals surface area contributed by atoms with Gasteiger partial charge in [0.25, 0.3) is 0 Å². The molecule has 3 aromatic carbocycles. The zero-order valence-corrected chi connectivity index (χ0v) is 31.7. The zero-order chi connectivity index (χ0) is 39.0. The molecule has 3 aliphatic heterocycles. The summed E-state index contributed by atoms with van der Waals surface area (Å²) < 4.78 is 76.2. The number of aliphatic hydroxyl groups is 1. The third-order valence-corrected chi connectivity index (χ3v) is 11.7. The highest BCUT2D eigenvalue weighted by atomic mass is 32.2. The van der Waals surface area contributed by atoms with Crippen molar-refractivity contribution in [2.24, 2.45) is 11.3 Å². The Hall–Kier alpha value is -4.48. The lowest BCUT2D eigenvalue weighted by Crippen LogP contribution is -2.52. The lowest BCUT2D eigenvalue weighted by Gasteiger charge is -2.35. The van der Waals surface area contributed by atoms with Gasteiger partial charge in [-0.3, -0.25) is 0 Å². The van der Waals surface area contributed by atoms with Crippen LogP contribution in [-0.4, -0.2) is 94.2 Å². The first-order valence-electron chi connectivity index (χ1n) is 18.4. The fraction of sp³-hybridized carbons (Fsp3) is 0.487. The molecular weight excluding hydrogens is 738 g/mol. The first-order valence-corrected chi connectivity index (χ1v) is 19.8. The van der Waals surface area contributed by atoms with Crippen molar-refractivity contribution in [3.8, 4) is 17.2 Å². The van der Waals surface area contributed by atoms with E-state index in [-0.39, 0.29) is 49.5 Å². The van der Waals surface area contributed by atoms with Gasteiger partial charge in [-0.2, -0.15) is 4.31 Å². The van der Waals surface area contributed by atoms with Crippen LogP contribution in [0.2, 0.25) is 0 Å². The van der Waals surface area contributed by atoms with Crippen LogP contribution in [0, 0.1) is 17.2 Å². The third-order valence-electron chi connectivity index (χ3n) is 9.86. The Labute approximate surface area is 320 Å². The predicted molar refractivity (Wildman–Crippen MR) is 197 cm³/mol. The van der Waals surface area contributed by atoms with Gasteiger partial charge in [-0.1, -0.05) is 50.6 Å². The number of amides is 2. The number of rotatable bonds is 17. The second-order valence-electron chi connectivity index (χ2n) is 14.7. The molecule has 3 heterocycles. The quantitative estimate of drug-likeness (QED) is 0.158. The molecule has 0 radical (unpaired) electrons. The average Bonchev–Trinajstić information content (AvgIpc) is 3.91. The zero-order valence-electron chi connectivity index (χ0n) is 30.9. The predicted octanol–water partition coefficient (Wildman–Crippen LogP) is 4.99. The van der Waals surface area contributed by atoms with Gasteiger partial charge in [-0.05, 0) is 73.1 Å². The van der Waals surface area contributed by atoms with Crippen molar-refractivity contribution in [1.29, 1.82) is 0 Å². The Kier molecular flexibility index (Phi) is 13.1. The number of benzene rings is 3. The van der Waals surface area contributed by atoms with Gasteiger partial charge >= 0.3 is 12.2 Å². The molecule has 3 aliphatic rings. The topological polar surface area (TPSA) is 171 Å². The fourth-order valence-electron chi connectivity index (χ4n) is 6.91. The highest BCUT2D eigenvalue weighted by Gasteiger charge is 2.44. The minimum atomic E-state index is -4.23. The fourth-order valence-corrected chi connectivity index (χ4v) is 8.58. The van der Waals surface area contributed by atoms with E-state index in [9.17, 15) is 27.5 Å². The van der Waals surface area contributed by atoms with Crippen LogP contribution in [0.3, 0.4) is 0 Å². The molecule has 6 rings (SSSR count). The molecule has 0 saturated carbocycles. The number of sulfonamides is 1. The second kappa shape index (κ2) is 18.0. The molecule has 0 aliphatic carbocycles. The van der Waals surface area contributed by atoms with E-state index in [2.05, 4.69) is 10.6 Å². The van der Waals surface area contributed by atoms with Gasteiger partial charge in [0.05, 0.1) is 36.2 Å².